The number of benzene rings is 1. The summed E-state index contributed by atoms with van der Waals surface area (Å²) >= 11 is 3.35. The van der Waals surface area contributed by atoms with Crippen molar-refractivity contribution >= 4 is 15.9 Å². The van der Waals surface area contributed by atoms with Crippen LogP contribution in [0.3, 0.4) is 0 Å². The summed E-state index contributed by atoms with van der Waals surface area (Å²) in [6.45, 7) is 1.76. The van der Waals surface area contributed by atoms with Crippen molar-refractivity contribution in [2.24, 2.45) is 17.6 Å². The van der Waals surface area contributed by atoms with Crippen LogP contribution in [0.25, 0.3) is 0 Å². The summed E-state index contributed by atoms with van der Waals surface area (Å²) in [5, 5.41) is 0. The molecule has 0 heterocycles. The second kappa shape index (κ2) is 7.36. The fraction of sp³-hybridized carbons (Fsp3) is 0.600. The Morgan fingerprint density at radius 3 is 2.74 bits per heavy atom. The van der Waals surface area contributed by atoms with Crippen molar-refractivity contribution in [3.05, 3.63) is 34.1 Å². The van der Waals surface area contributed by atoms with Crippen molar-refractivity contribution in [2.75, 3.05) is 13.2 Å². The summed E-state index contributed by atoms with van der Waals surface area (Å²) in [6.07, 6.45) is 4.92. The van der Waals surface area contributed by atoms with E-state index in [2.05, 4.69) is 15.9 Å². The van der Waals surface area contributed by atoms with Crippen LogP contribution < -0.4 is 5.73 Å². The van der Waals surface area contributed by atoms with Gasteiger partial charge in [0.05, 0.1) is 13.2 Å². The molecule has 1 aliphatic carbocycles. The number of halogens is 2. The van der Waals surface area contributed by atoms with Gasteiger partial charge in [0.25, 0.3) is 0 Å². The van der Waals surface area contributed by atoms with E-state index in [0.717, 1.165) is 11.0 Å². The van der Waals surface area contributed by atoms with E-state index in [-0.39, 0.29) is 5.82 Å². The Bertz CT molecular complexity index is 413. The fourth-order valence-electron chi connectivity index (χ4n) is 2.79. The molecule has 1 fully saturated rings. The average Bonchev–Trinajstić information content (AvgIpc) is 2.43. The van der Waals surface area contributed by atoms with Crippen LogP contribution in [-0.4, -0.2) is 13.2 Å². The van der Waals surface area contributed by atoms with Gasteiger partial charge < -0.3 is 10.5 Å². The zero-order valence-corrected chi connectivity index (χ0v) is 12.7. The van der Waals surface area contributed by atoms with Crippen molar-refractivity contribution in [3.63, 3.8) is 0 Å². The van der Waals surface area contributed by atoms with E-state index < -0.39 is 0 Å². The van der Waals surface area contributed by atoms with Crippen LogP contribution in [0.1, 0.15) is 31.2 Å². The van der Waals surface area contributed by atoms with E-state index in [1.54, 1.807) is 12.1 Å². The molecule has 0 aliphatic heterocycles. The highest BCUT2D eigenvalue weighted by molar-refractivity contribution is 9.10. The van der Waals surface area contributed by atoms with Crippen LogP contribution in [0.2, 0.25) is 0 Å². The molecule has 2 rings (SSSR count). The smallest absolute Gasteiger partial charge is 0.128 e. The Labute approximate surface area is 122 Å². The summed E-state index contributed by atoms with van der Waals surface area (Å²) in [5.74, 6) is 0.900. The molecule has 2 unspecified atom stereocenters. The van der Waals surface area contributed by atoms with Crippen molar-refractivity contribution in [1.82, 2.24) is 0 Å². The van der Waals surface area contributed by atoms with Crippen LogP contribution in [0.4, 0.5) is 4.39 Å². The SMILES string of the molecule is NCC1CCCCC1COCc1cc(Br)ccc1F. The van der Waals surface area contributed by atoms with Gasteiger partial charge in [0.1, 0.15) is 5.82 Å². The first-order chi connectivity index (χ1) is 9.20. The summed E-state index contributed by atoms with van der Waals surface area (Å²) in [6, 6.07) is 4.94. The van der Waals surface area contributed by atoms with Gasteiger partial charge in [0.2, 0.25) is 0 Å². The van der Waals surface area contributed by atoms with E-state index in [1.165, 1.54) is 31.7 Å². The first-order valence-electron chi connectivity index (χ1n) is 6.92. The van der Waals surface area contributed by atoms with Crippen LogP contribution in [0, 0.1) is 17.7 Å². The second-order valence-electron chi connectivity index (χ2n) is 5.29. The molecule has 0 saturated heterocycles. The number of hydrogen-bond acceptors (Lipinski definition) is 2. The molecule has 1 aromatic rings. The molecule has 0 amide bonds. The van der Waals surface area contributed by atoms with Gasteiger partial charge >= 0.3 is 0 Å². The van der Waals surface area contributed by atoms with Crippen molar-refractivity contribution in [2.45, 2.75) is 32.3 Å². The van der Waals surface area contributed by atoms with Gasteiger partial charge in [0.15, 0.2) is 0 Å². The Morgan fingerprint density at radius 1 is 1.26 bits per heavy atom. The Balaban J connectivity index is 1.83. The van der Waals surface area contributed by atoms with E-state index in [9.17, 15) is 4.39 Å². The first-order valence-corrected chi connectivity index (χ1v) is 7.71. The van der Waals surface area contributed by atoms with Gasteiger partial charge in [-0.05, 0) is 49.4 Å². The zero-order chi connectivity index (χ0) is 13.7. The molecular weight excluding hydrogens is 309 g/mol. The summed E-state index contributed by atoms with van der Waals surface area (Å²) < 4.78 is 20.1. The molecule has 0 spiro atoms. The van der Waals surface area contributed by atoms with Crippen LogP contribution in [-0.2, 0) is 11.3 Å². The number of ether oxygens (including phenoxy) is 1. The van der Waals surface area contributed by atoms with Gasteiger partial charge in [0, 0.05) is 10.0 Å². The predicted octanol–water partition coefficient (Wildman–Crippen LogP) is 3.87. The molecule has 2 atom stereocenters. The van der Waals surface area contributed by atoms with Gasteiger partial charge in [-0.1, -0.05) is 28.8 Å². The maximum Gasteiger partial charge on any atom is 0.128 e. The third kappa shape index (κ3) is 4.26. The Morgan fingerprint density at radius 2 is 2.00 bits per heavy atom. The molecular formula is C15H21BrFNO. The van der Waals surface area contributed by atoms with Gasteiger partial charge in [-0.15, -0.1) is 0 Å². The number of hydrogen-bond donors (Lipinski definition) is 1. The lowest BCUT2D eigenvalue weighted by molar-refractivity contribution is 0.0499. The first kappa shape index (κ1) is 14.9. The molecule has 4 heteroatoms. The second-order valence-corrected chi connectivity index (χ2v) is 6.21. The van der Waals surface area contributed by atoms with Crippen LogP contribution in [0.5, 0.6) is 0 Å². The molecule has 1 saturated carbocycles. The molecule has 1 aliphatic rings. The van der Waals surface area contributed by atoms with Gasteiger partial charge in [-0.3, -0.25) is 0 Å². The third-order valence-electron chi connectivity index (χ3n) is 3.97. The average molecular weight is 330 g/mol. The normalized spacial score (nSPS) is 23.5. The third-order valence-corrected chi connectivity index (χ3v) is 4.46. The van der Waals surface area contributed by atoms with E-state index in [0.29, 0.717) is 30.6 Å². The van der Waals surface area contributed by atoms with E-state index in [4.69, 9.17) is 10.5 Å². The van der Waals surface area contributed by atoms with Crippen molar-refractivity contribution in [1.29, 1.82) is 0 Å². The standard InChI is InChI=1S/C15H21BrFNO/c16-14-5-6-15(17)13(7-14)10-19-9-12-4-2-1-3-11(12)8-18/h5-7,11-12H,1-4,8-10,18H2. The largest absolute Gasteiger partial charge is 0.376 e. The molecule has 0 bridgehead atoms. The summed E-state index contributed by atoms with van der Waals surface area (Å²) in [4.78, 5) is 0. The predicted molar refractivity (Wildman–Crippen MR) is 78.3 cm³/mol. The number of nitrogens with two attached hydrogens (primary N) is 1. The minimum absolute atomic E-state index is 0.206. The van der Waals surface area contributed by atoms with E-state index >= 15 is 0 Å². The molecule has 106 valence electrons. The molecule has 0 aromatic heterocycles. The molecule has 0 radical (unpaired) electrons. The fourth-order valence-corrected chi connectivity index (χ4v) is 3.20. The van der Waals surface area contributed by atoms with Crippen LogP contribution >= 0.6 is 15.9 Å². The van der Waals surface area contributed by atoms with Crippen molar-refractivity contribution < 1.29 is 9.13 Å². The monoisotopic (exact) mass is 329 g/mol. The lowest BCUT2D eigenvalue weighted by Crippen LogP contribution is -2.29. The molecule has 2 N–H and O–H groups in total. The maximum absolute atomic E-state index is 13.6. The lowest BCUT2D eigenvalue weighted by Gasteiger charge is -2.30. The minimum atomic E-state index is -0.206. The highest BCUT2D eigenvalue weighted by Gasteiger charge is 2.23. The number of rotatable bonds is 5. The summed E-state index contributed by atoms with van der Waals surface area (Å²) in [7, 11) is 0. The quantitative estimate of drug-likeness (QED) is 0.889. The highest BCUT2D eigenvalue weighted by Crippen LogP contribution is 2.29. The van der Waals surface area contributed by atoms with E-state index in [1.807, 2.05) is 0 Å². The minimum Gasteiger partial charge on any atom is -0.376 e. The molecule has 2 nitrogen and oxygen atoms in total. The lowest BCUT2D eigenvalue weighted by atomic mass is 9.80. The molecule has 1 aromatic carbocycles. The summed E-state index contributed by atoms with van der Waals surface area (Å²) in [5.41, 5.74) is 6.40. The zero-order valence-electron chi connectivity index (χ0n) is 11.1. The highest BCUT2D eigenvalue weighted by atomic mass is 79.9. The van der Waals surface area contributed by atoms with Crippen molar-refractivity contribution in [3.8, 4) is 0 Å². The topological polar surface area (TPSA) is 35.2 Å². The van der Waals surface area contributed by atoms with Gasteiger partial charge in [-0.25, -0.2) is 4.39 Å². The van der Waals surface area contributed by atoms with Gasteiger partial charge in [-0.2, -0.15) is 0 Å². The Kier molecular flexibility index (Phi) is 5.79. The maximum atomic E-state index is 13.6. The molecule has 19 heavy (non-hydrogen) atoms. The Hall–Kier alpha value is -0.450. The van der Waals surface area contributed by atoms with Crippen LogP contribution in [0.15, 0.2) is 22.7 Å².